The minimum absolute atomic E-state index is 0.237. The predicted molar refractivity (Wildman–Crippen MR) is 51.8 cm³/mol. The number of nitrogens with zero attached hydrogens (tertiary/aromatic N) is 4. The van der Waals surface area contributed by atoms with Crippen LogP contribution in [0.15, 0.2) is 12.3 Å². The number of piperazine rings is 1. The third-order valence-electron chi connectivity index (χ3n) is 2.18. The zero-order chi connectivity index (χ0) is 9.80. The molecule has 0 spiro atoms. The highest BCUT2D eigenvalue weighted by Crippen LogP contribution is 2.09. The molecule has 0 bridgehead atoms. The standard InChI is InChI=1S/C9H11N5/c10-7-8-12-2-1-9(13-8)14-5-3-11-4-6-14/h1-2,11H,3-6H2. The largest absolute Gasteiger partial charge is 0.354 e. The SMILES string of the molecule is N#Cc1nccc(N2CCNCC2)n1. The number of nitrogens with one attached hydrogen (secondary N) is 1. The van der Waals surface area contributed by atoms with E-state index in [-0.39, 0.29) is 5.82 Å². The molecule has 1 saturated heterocycles. The van der Waals surface area contributed by atoms with E-state index in [4.69, 9.17) is 5.26 Å². The Morgan fingerprint density at radius 1 is 1.43 bits per heavy atom. The second-order valence-corrected chi connectivity index (χ2v) is 3.09. The van der Waals surface area contributed by atoms with E-state index in [1.165, 1.54) is 0 Å². The molecule has 14 heavy (non-hydrogen) atoms. The minimum atomic E-state index is 0.237. The molecule has 0 amide bonds. The molecule has 0 unspecified atom stereocenters. The lowest BCUT2D eigenvalue weighted by Crippen LogP contribution is -2.43. The summed E-state index contributed by atoms with van der Waals surface area (Å²) in [4.78, 5) is 10.1. The molecular weight excluding hydrogens is 178 g/mol. The summed E-state index contributed by atoms with van der Waals surface area (Å²) in [5.41, 5.74) is 0. The summed E-state index contributed by atoms with van der Waals surface area (Å²) < 4.78 is 0. The van der Waals surface area contributed by atoms with E-state index < -0.39 is 0 Å². The fourth-order valence-corrected chi connectivity index (χ4v) is 1.47. The Morgan fingerprint density at radius 3 is 2.93 bits per heavy atom. The fourth-order valence-electron chi connectivity index (χ4n) is 1.47. The number of aromatic nitrogens is 2. The molecule has 1 aromatic heterocycles. The Hall–Kier alpha value is -1.67. The van der Waals surface area contributed by atoms with Crippen molar-refractivity contribution in [3.8, 4) is 6.07 Å². The van der Waals surface area contributed by atoms with Gasteiger partial charge in [-0.05, 0) is 6.07 Å². The monoisotopic (exact) mass is 189 g/mol. The molecule has 0 radical (unpaired) electrons. The van der Waals surface area contributed by atoms with Gasteiger partial charge in [0.25, 0.3) is 0 Å². The normalized spacial score (nSPS) is 16.4. The third kappa shape index (κ3) is 1.80. The van der Waals surface area contributed by atoms with Crippen LogP contribution in [-0.2, 0) is 0 Å². The van der Waals surface area contributed by atoms with E-state index in [1.807, 2.05) is 12.1 Å². The summed E-state index contributed by atoms with van der Waals surface area (Å²) in [6, 6.07) is 3.78. The van der Waals surface area contributed by atoms with Gasteiger partial charge in [-0.15, -0.1) is 0 Å². The molecule has 5 nitrogen and oxygen atoms in total. The van der Waals surface area contributed by atoms with Crippen molar-refractivity contribution in [1.82, 2.24) is 15.3 Å². The zero-order valence-electron chi connectivity index (χ0n) is 7.77. The number of hydrogen-bond acceptors (Lipinski definition) is 5. The van der Waals surface area contributed by atoms with Crippen molar-refractivity contribution in [3.05, 3.63) is 18.1 Å². The van der Waals surface area contributed by atoms with E-state index in [9.17, 15) is 0 Å². The Bertz CT molecular complexity index is 350. The first-order valence-corrected chi connectivity index (χ1v) is 4.59. The predicted octanol–water partition coefficient (Wildman–Crippen LogP) is -0.242. The van der Waals surface area contributed by atoms with Crippen LogP contribution in [-0.4, -0.2) is 36.1 Å². The van der Waals surface area contributed by atoms with Gasteiger partial charge in [0, 0.05) is 32.4 Å². The van der Waals surface area contributed by atoms with Gasteiger partial charge in [-0.2, -0.15) is 5.26 Å². The Kier molecular flexibility index (Phi) is 2.56. The maximum Gasteiger partial charge on any atom is 0.234 e. The van der Waals surface area contributed by atoms with Gasteiger partial charge in [-0.1, -0.05) is 0 Å². The van der Waals surface area contributed by atoms with Crippen LogP contribution in [0.4, 0.5) is 5.82 Å². The average Bonchev–Trinajstić information content (AvgIpc) is 2.30. The van der Waals surface area contributed by atoms with Crippen molar-refractivity contribution in [2.24, 2.45) is 0 Å². The first-order valence-electron chi connectivity index (χ1n) is 4.59. The van der Waals surface area contributed by atoms with E-state index in [1.54, 1.807) is 6.20 Å². The van der Waals surface area contributed by atoms with Crippen LogP contribution in [0, 0.1) is 11.3 Å². The number of nitriles is 1. The van der Waals surface area contributed by atoms with Crippen LogP contribution in [0.5, 0.6) is 0 Å². The first kappa shape index (κ1) is 8.91. The van der Waals surface area contributed by atoms with Crippen molar-refractivity contribution in [1.29, 1.82) is 5.26 Å². The average molecular weight is 189 g/mol. The molecule has 72 valence electrons. The Balaban J connectivity index is 2.18. The molecule has 1 fully saturated rings. The summed E-state index contributed by atoms with van der Waals surface area (Å²) in [7, 11) is 0. The second-order valence-electron chi connectivity index (χ2n) is 3.09. The van der Waals surface area contributed by atoms with Crippen LogP contribution in [0.3, 0.4) is 0 Å². The van der Waals surface area contributed by atoms with Gasteiger partial charge >= 0.3 is 0 Å². The molecule has 0 saturated carbocycles. The molecule has 1 aromatic rings. The van der Waals surface area contributed by atoms with Crippen molar-refractivity contribution >= 4 is 5.82 Å². The smallest absolute Gasteiger partial charge is 0.234 e. The van der Waals surface area contributed by atoms with Crippen LogP contribution in [0.25, 0.3) is 0 Å². The highest BCUT2D eigenvalue weighted by molar-refractivity contribution is 5.39. The molecule has 2 heterocycles. The van der Waals surface area contributed by atoms with Gasteiger partial charge in [-0.25, -0.2) is 9.97 Å². The van der Waals surface area contributed by atoms with E-state index in [0.29, 0.717) is 0 Å². The molecular formula is C9H11N5. The fraction of sp³-hybridized carbons (Fsp3) is 0.444. The molecule has 0 aromatic carbocycles. The summed E-state index contributed by atoms with van der Waals surface area (Å²) in [5, 5.41) is 11.9. The lowest BCUT2D eigenvalue weighted by Gasteiger charge is -2.28. The van der Waals surface area contributed by atoms with Gasteiger partial charge in [0.1, 0.15) is 11.9 Å². The highest BCUT2D eigenvalue weighted by Gasteiger charge is 2.11. The molecule has 0 atom stereocenters. The molecule has 1 aliphatic rings. The highest BCUT2D eigenvalue weighted by atomic mass is 15.2. The van der Waals surface area contributed by atoms with Crippen LogP contribution in [0.1, 0.15) is 5.82 Å². The van der Waals surface area contributed by atoms with Crippen molar-refractivity contribution in [2.45, 2.75) is 0 Å². The minimum Gasteiger partial charge on any atom is -0.354 e. The molecule has 2 rings (SSSR count). The number of anilines is 1. The summed E-state index contributed by atoms with van der Waals surface area (Å²) in [5.74, 6) is 1.08. The molecule has 1 aliphatic heterocycles. The van der Waals surface area contributed by atoms with Gasteiger partial charge in [-0.3, -0.25) is 0 Å². The van der Waals surface area contributed by atoms with Gasteiger partial charge in [0.2, 0.25) is 5.82 Å². The Labute approximate surface area is 82.4 Å². The van der Waals surface area contributed by atoms with Crippen molar-refractivity contribution < 1.29 is 0 Å². The number of hydrogen-bond donors (Lipinski definition) is 1. The molecule has 0 aliphatic carbocycles. The van der Waals surface area contributed by atoms with Gasteiger partial charge in [0.15, 0.2) is 0 Å². The summed E-state index contributed by atoms with van der Waals surface area (Å²) >= 11 is 0. The summed E-state index contributed by atoms with van der Waals surface area (Å²) in [6.45, 7) is 3.79. The van der Waals surface area contributed by atoms with Crippen LogP contribution >= 0.6 is 0 Å². The van der Waals surface area contributed by atoms with Crippen LogP contribution < -0.4 is 10.2 Å². The maximum atomic E-state index is 8.65. The Morgan fingerprint density at radius 2 is 2.21 bits per heavy atom. The lowest BCUT2D eigenvalue weighted by molar-refractivity contribution is 0.584. The summed E-state index contributed by atoms with van der Waals surface area (Å²) in [6.07, 6.45) is 1.63. The zero-order valence-corrected chi connectivity index (χ0v) is 7.77. The topological polar surface area (TPSA) is 64.8 Å². The van der Waals surface area contributed by atoms with E-state index in [0.717, 1.165) is 32.0 Å². The maximum absolute atomic E-state index is 8.65. The van der Waals surface area contributed by atoms with E-state index >= 15 is 0 Å². The van der Waals surface area contributed by atoms with Crippen molar-refractivity contribution in [2.75, 3.05) is 31.1 Å². The van der Waals surface area contributed by atoms with Gasteiger partial charge < -0.3 is 10.2 Å². The molecule has 5 heteroatoms. The van der Waals surface area contributed by atoms with Crippen molar-refractivity contribution in [3.63, 3.8) is 0 Å². The second kappa shape index (κ2) is 4.03. The number of rotatable bonds is 1. The third-order valence-corrected chi connectivity index (χ3v) is 2.18. The molecule has 1 N–H and O–H groups in total. The first-order chi connectivity index (χ1) is 6.90. The van der Waals surface area contributed by atoms with Gasteiger partial charge in [0.05, 0.1) is 0 Å². The van der Waals surface area contributed by atoms with Crippen LogP contribution in [0.2, 0.25) is 0 Å². The van der Waals surface area contributed by atoms with E-state index in [2.05, 4.69) is 20.2 Å². The lowest BCUT2D eigenvalue weighted by atomic mass is 10.3. The quantitative estimate of drug-likeness (QED) is 0.660.